The smallest absolute Gasteiger partial charge is 0.254 e. The summed E-state index contributed by atoms with van der Waals surface area (Å²) in [7, 11) is 1.64. The number of nitrogens with zero attached hydrogens (tertiary/aromatic N) is 1. The van der Waals surface area contributed by atoms with Gasteiger partial charge in [0.15, 0.2) is 0 Å². The zero-order valence-corrected chi connectivity index (χ0v) is 11.1. The fourth-order valence-electron chi connectivity index (χ4n) is 1.82. The van der Waals surface area contributed by atoms with Gasteiger partial charge in [-0.25, -0.2) is 0 Å². The van der Waals surface area contributed by atoms with Crippen molar-refractivity contribution in [1.82, 2.24) is 4.90 Å². The second-order valence-electron chi connectivity index (χ2n) is 4.18. The first-order valence-corrected chi connectivity index (χ1v) is 6.15. The topological polar surface area (TPSA) is 49.8 Å². The number of hydrogen-bond acceptors (Lipinski definition) is 3. The molecule has 1 aromatic carbocycles. The van der Waals surface area contributed by atoms with Gasteiger partial charge in [0, 0.05) is 32.4 Å². The number of aryl methyl sites for hydroxylation is 1. The highest BCUT2D eigenvalue weighted by Crippen LogP contribution is 2.10. The molecule has 0 bridgehead atoms. The normalized spacial score (nSPS) is 10.4. The summed E-state index contributed by atoms with van der Waals surface area (Å²) in [5.74, 6) is -0.0294. The number of ether oxygens (including phenoxy) is 1. The van der Waals surface area contributed by atoms with Gasteiger partial charge in [-0.1, -0.05) is 18.2 Å². The molecule has 0 aliphatic carbocycles. The minimum Gasteiger partial charge on any atom is -0.395 e. The van der Waals surface area contributed by atoms with Gasteiger partial charge in [0.05, 0.1) is 6.61 Å². The molecule has 4 heteroatoms. The summed E-state index contributed by atoms with van der Waals surface area (Å²) in [5, 5.41) is 9.03. The lowest BCUT2D eigenvalue weighted by atomic mass is 10.1. The van der Waals surface area contributed by atoms with E-state index in [0.717, 1.165) is 12.0 Å². The van der Waals surface area contributed by atoms with Crippen molar-refractivity contribution in [2.75, 3.05) is 33.4 Å². The van der Waals surface area contributed by atoms with Crippen molar-refractivity contribution >= 4 is 5.91 Å². The highest BCUT2D eigenvalue weighted by molar-refractivity contribution is 5.95. The van der Waals surface area contributed by atoms with Crippen molar-refractivity contribution in [3.05, 3.63) is 35.4 Å². The Labute approximate surface area is 108 Å². The van der Waals surface area contributed by atoms with Crippen molar-refractivity contribution in [3.8, 4) is 0 Å². The van der Waals surface area contributed by atoms with Crippen LogP contribution in [0.5, 0.6) is 0 Å². The highest BCUT2D eigenvalue weighted by Gasteiger charge is 2.16. The number of rotatable bonds is 7. The molecular weight excluding hydrogens is 230 g/mol. The van der Waals surface area contributed by atoms with Gasteiger partial charge in [-0.05, 0) is 25.0 Å². The molecule has 0 atom stereocenters. The minimum absolute atomic E-state index is 0.0232. The van der Waals surface area contributed by atoms with Crippen LogP contribution in [-0.2, 0) is 4.74 Å². The Bertz CT molecular complexity index is 379. The molecule has 1 amide bonds. The van der Waals surface area contributed by atoms with Crippen LogP contribution < -0.4 is 0 Å². The summed E-state index contributed by atoms with van der Waals surface area (Å²) >= 11 is 0. The van der Waals surface area contributed by atoms with Crippen molar-refractivity contribution in [2.24, 2.45) is 0 Å². The first-order valence-electron chi connectivity index (χ1n) is 6.15. The first kappa shape index (κ1) is 14.7. The number of carbonyl (C=O) groups is 1. The van der Waals surface area contributed by atoms with Crippen LogP contribution in [0.2, 0.25) is 0 Å². The molecule has 0 fully saturated rings. The van der Waals surface area contributed by atoms with Crippen LogP contribution in [0.1, 0.15) is 22.3 Å². The summed E-state index contributed by atoms with van der Waals surface area (Å²) in [5.41, 5.74) is 1.65. The molecule has 1 N–H and O–H groups in total. The average molecular weight is 251 g/mol. The van der Waals surface area contributed by atoms with E-state index in [1.807, 2.05) is 31.2 Å². The molecule has 1 aromatic rings. The summed E-state index contributed by atoms with van der Waals surface area (Å²) in [6, 6.07) is 7.50. The molecule has 0 spiro atoms. The van der Waals surface area contributed by atoms with Gasteiger partial charge in [-0.3, -0.25) is 4.79 Å². The third-order valence-corrected chi connectivity index (χ3v) is 2.81. The number of hydrogen-bond donors (Lipinski definition) is 1. The molecule has 0 heterocycles. The van der Waals surface area contributed by atoms with Crippen molar-refractivity contribution in [1.29, 1.82) is 0 Å². The summed E-state index contributed by atoms with van der Waals surface area (Å²) in [6.07, 6.45) is 0.772. The van der Waals surface area contributed by atoms with Crippen LogP contribution in [0.15, 0.2) is 24.3 Å². The number of aliphatic hydroxyl groups is 1. The van der Waals surface area contributed by atoms with Crippen molar-refractivity contribution < 1.29 is 14.6 Å². The Morgan fingerprint density at radius 2 is 2.06 bits per heavy atom. The summed E-state index contributed by atoms with van der Waals surface area (Å²) in [4.78, 5) is 14.0. The Morgan fingerprint density at radius 3 is 2.67 bits per heavy atom. The van der Waals surface area contributed by atoms with Crippen LogP contribution in [0, 0.1) is 6.92 Å². The van der Waals surface area contributed by atoms with E-state index in [9.17, 15) is 4.79 Å². The molecule has 0 saturated carbocycles. The number of amides is 1. The largest absolute Gasteiger partial charge is 0.395 e. The van der Waals surface area contributed by atoms with Gasteiger partial charge < -0.3 is 14.7 Å². The number of carbonyl (C=O) groups excluding carboxylic acids is 1. The molecule has 0 unspecified atom stereocenters. The quantitative estimate of drug-likeness (QED) is 0.746. The molecule has 1 rings (SSSR count). The monoisotopic (exact) mass is 251 g/mol. The Hall–Kier alpha value is -1.39. The molecule has 0 aromatic heterocycles. The highest BCUT2D eigenvalue weighted by atomic mass is 16.5. The van der Waals surface area contributed by atoms with E-state index in [2.05, 4.69) is 0 Å². The second kappa shape index (κ2) is 7.84. The number of benzene rings is 1. The standard InChI is InChI=1S/C14H21NO3/c1-12-6-3-4-7-13(12)14(17)15(9-10-16)8-5-11-18-2/h3-4,6-7,16H,5,8-11H2,1-2H3. The van der Waals surface area contributed by atoms with Crippen molar-refractivity contribution in [3.63, 3.8) is 0 Å². The van der Waals surface area contributed by atoms with Gasteiger partial charge in [-0.2, -0.15) is 0 Å². The van der Waals surface area contributed by atoms with Crippen LogP contribution in [0.25, 0.3) is 0 Å². The third-order valence-electron chi connectivity index (χ3n) is 2.81. The average Bonchev–Trinajstić information content (AvgIpc) is 2.38. The number of methoxy groups -OCH3 is 1. The number of aliphatic hydroxyl groups excluding tert-OH is 1. The molecule has 0 saturated heterocycles. The fourth-order valence-corrected chi connectivity index (χ4v) is 1.82. The molecule has 18 heavy (non-hydrogen) atoms. The van der Waals surface area contributed by atoms with Crippen LogP contribution in [-0.4, -0.2) is 49.3 Å². The Morgan fingerprint density at radius 1 is 1.33 bits per heavy atom. The molecule has 0 aliphatic heterocycles. The lowest BCUT2D eigenvalue weighted by Crippen LogP contribution is -2.35. The van der Waals surface area contributed by atoms with E-state index in [4.69, 9.17) is 9.84 Å². The maximum absolute atomic E-state index is 12.3. The Balaban J connectivity index is 2.73. The lowest BCUT2D eigenvalue weighted by Gasteiger charge is -2.22. The minimum atomic E-state index is -0.0294. The second-order valence-corrected chi connectivity index (χ2v) is 4.18. The fraction of sp³-hybridized carbons (Fsp3) is 0.500. The maximum atomic E-state index is 12.3. The first-order chi connectivity index (χ1) is 8.70. The summed E-state index contributed by atoms with van der Waals surface area (Å²) < 4.78 is 4.98. The molecule has 0 aliphatic rings. The van der Waals surface area contributed by atoms with Gasteiger partial charge in [0.25, 0.3) is 5.91 Å². The predicted molar refractivity (Wildman–Crippen MR) is 70.7 cm³/mol. The molecule has 0 radical (unpaired) electrons. The van der Waals surface area contributed by atoms with Crippen molar-refractivity contribution in [2.45, 2.75) is 13.3 Å². The van der Waals surface area contributed by atoms with Gasteiger partial charge >= 0.3 is 0 Å². The van der Waals surface area contributed by atoms with Gasteiger partial charge in [-0.15, -0.1) is 0 Å². The van der Waals surface area contributed by atoms with E-state index in [-0.39, 0.29) is 12.5 Å². The predicted octanol–water partition coefficient (Wildman–Crippen LogP) is 1.47. The summed E-state index contributed by atoms with van der Waals surface area (Å²) in [6.45, 7) is 3.46. The third kappa shape index (κ3) is 4.13. The lowest BCUT2D eigenvalue weighted by molar-refractivity contribution is 0.0700. The molecule has 100 valence electrons. The van der Waals surface area contributed by atoms with Gasteiger partial charge in [0.1, 0.15) is 0 Å². The zero-order valence-electron chi connectivity index (χ0n) is 11.1. The van der Waals surface area contributed by atoms with E-state index in [0.29, 0.717) is 25.3 Å². The Kier molecular flexibility index (Phi) is 6.39. The SMILES string of the molecule is COCCCN(CCO)C(=O)c1ccccc1C. The van der Waals surface area contributed by atoms with Crippen LogP contribution in [0.3, 0.4) is 0 Å². The van der Waals surface area contributed by atoms with E-state index in [1.165, 1.54) is 0 Å². The molecule has 4 nitrogen and oxygen atoms in total. The maximum Gasteiger partial charge on any atom is 0.254 e. The van der Waals surface area contributed by atoms with E-state index >= 15 is 0 Å². The van der Waals surface area contributed by atoms with E-state index < -0.39 is 0 Å². The zero-order chi connectivity index (χ0) is 13.4. The van der Waals surface area contributed by atoms with Gasteiger partial charge in [0.2, 0.25) is 0 Å². The van der Waals surface area contributed by atoms with Crippen LogP contribution in [0.4, 0.5) is 0 Å². The van der Waals surface area contributed by atoms with E-state index in [1.54, 1.807) is 12.0 Å². The molecular formula is C14H21NO3. The van der Waals surface area contributed by atoms with Crippen LogP contribution >= 0.6 is 0 Å².